The van der Waals surface area contributed by atoms with Crippen LogP contribution in [0.2, 0.25) is 5.02 Å². The standard InChI is InChI=1S/C33H32ClN3O6S/c1-2-42-29-18-17-26(19-27(29)34)44(40,41)36(21-25-13-7-4-8-14-25)23-32(38)37-22-31(43-30-16-10-9-15-28(30)37)33(39)35-20-24-11-5-3-6-12-24/h3-19,31H,2,20-23H2,1H3,(H,35,39). The van der Waals surface area contributed by atoms with Crippen LogP contribution < -0.4 is 19.7 Å². The zero-order chi connectivity index (χ0) is 31.1. The van der Waals surface area contributed by atoms with Gasteiger partial charge in [-0.2, -0.15) is 4.31 Å². The van der Waals surface area contributed by atoms with E-state index in [1.165, 1.54) is 23.1 Å². The van der Waals surface area contributed by atoms with E-state index in [1.54, 1.807) is 55.5 Å². The second kappa shape index (κ2) is 13.9. The summed E-state index contributed by atoms with van der Waals surface area (Å²) in [6.07, 6.45) is -0.998. The highest BCUT2D eigenvalue weighted by Crippen LogP contribution is 2.34. The van der Waals surface area contributed by atoms with Crippen molar-refractivity contribution >= 4 is 39.1 Å². The summed E-state index contributed by atoms with van der Waals surface area (Å²) in [6.45, 7) is 1.82. The van der Waals surface area contributed by atoms with Crippen molar-refractivity contribution in [2.75, 3.05) is 24.6 Å². The summed E-state index contributed by atoms with van der Waals surface area (Å²) < 4.78 is 40.5. The van der Waals surface area contributed by atoms with E-state index in [-0.39, 0.29) is 28.9 Å². The number of hydrogen-bond donors (Lipinski definition) is 1. The zero-order valence-corrected chi connectivity index (χ0v) is 25.6. The lowest BCUT2D eigenvalue weighted by Gasteiger charge is -2.35. The summed E-state index contributed by atoms with van der Waals surface area (Å²) >= 11 is 6.34. The van der Waals surface area contributed by atoms with Crippen molar-refractivity contribution in [1.29, 1.82) is 0 Å². The number of para-hydroxylation sites is 2. The third kappa shape index (κ3) is 7.21. The highest BCUT2D eigenvalue weighted by Gasteiger charge is 2.36. The van der Waals surface area contributed by atoms with Crippen LogP contribution in [0.25, 0.3) is 0 Å². The maximum Gasteiger partial charge on any atom is 0.263 e. The molecule has 0 saturated heterocycles. The third-order valence-corrected chi connectivity index (χ3v) is 9.11. The van der Waals surface area contributed by atoms with Crippen molar-refractivity contribution < 1.29 is 27.5 Å². The molecular formula is C33H32ClN3O6S. The Morgan fingerprint density at radius 1 is 0.955 bits per heavy atom. The Hall–Kier alpha value is -4.38. The highest BCUT2D eigenvalue weighted by atomic mass is 35.5. The Balaban J connectivity index is 1.41. The number of fused-ring (bicyclic) bond motifs is 1. The molecule has 0 bridgehead atoms. The van der Waals surface area contributed by atoms with E-state index in [2.05, 4.69) is 5.32 Å². The summed E-state index contributed by atoms with van der Waals surface area (Å²) in [7, 11) is -4.20. The molecule has 0 aromatic heterocycles. The normalized spacial score (nSPS) is 14.4. The molecule has 1 heterocycles. The Kier molecular flexibility index (Phi) is 9.84. The van der Waals surface area contributed by atoms with Crippen LogP contribution in [0.15, 0.2) is 108 Å². The molecule has 4 aromatic rings. The Morgan fingerprint density at radius 3 is 2.30 bits per heavy atom. The largest absolute Gasteiger partial charge is 0.492 e. The van der Waals surface area contributed by atoms with Crippen molar-refractivity contribution in [3.63, 3.8) is 0 Å². The maximum absolute atomic E-state index is 14.0. The van der Waals surface area contributed by atoms with E-state index in [0.29, 0.717) is 35.9 Å². The first kappa shape index (κ1) is 31.1. The van der Waals surface area contributed by atoms with Gasteiger partial charge in [0.2, 0.25) is 15.9 Å². The predicted octanol–water partition coefficient (Wildman–Crippen LogP) is 5.04. The lowest BCUT2D eigenvalue weighted by molar-refractivity contribution is -0.128. The van der Waals surface area contributed by atoms with Crippen LogP contribution in [0.5, 0.6) is 11.5 Å². The van der Waals surface area contributed by atoms with Crippen molar-refractivity contribution in [2.45, 2.75) is 31.0 Å². The molecule has 1 aliphatic rings. The van der Waals surface area contributed by atoms with E-state index in [0.717, 1.165) is 9.87 Å². The smallest absolute Gasteiger partial charge is 0.263 e. The van der Waals surface area contributed by atoms with Gasteiger partial charge in [0, 0.05) is 13.1 Å². The number of nitrogens with zero attached hydrogens (tertiary/aromatic N) is 2. The molecule has 2 amide bonds. The molecule has 9 nitrogen and oxygen atoms in total. The molecule has 1 N–H and O–H groups in total. The lowest BCUT2D eigenvalue weighted by atomic mass is 10.1. The number of rotatable bonds is 11. The number of carbonyl (C=O) groups is 2. The number of hydrogen-bond acceptors (Lipinski definition) is 6. The van der Waals surface area contributed by atoms with Crippen molar-refractivity contribution in [1.82, 2.24) is 9.62 Å². The molecule has 0 saturated carbocycles. The van der Waals surface area contributed by atoms with Gasteiger partial charge in [-0.25, -0.2) is 8.42 Å². The minimum atomic E-state index is -4.20. The number of amides is 2. The Morgan fingerprint density at radius 2 is 1.61 bits per heavy atom. The maximum atomic E-state index is 14.0. The molecular weight excluding hydrogens is 602 g/mol. The first-order chi connectivity index (χ1) is 21.3. The molecule has 5 rings (SSSR count). The fourth-order valence-electron chi connectivity index (χ4n) is 4.82. The summed E-state index contributed by atoms with van der Waals surface area (Å²) in [5.74, 6) is -0.194. The number of nitrogens with one attached hydrogen (secondary N) is 1. The van der Waals surface area contributed by atoms with Gasteiger partial charge in [0.25, 0.3) is 5.91 Å². The van der Waals surface area contributed by atoms with Crippen LogP contribution in [0.3, 0.4) is 0 Å². The van der Waals surface area contributed by atoms with E-state index in [9.17, 15) is 18.0 Å². The van der Waals surface area contributed by atoms with Crippen molar-refractivity contribution in [2.24, 2.45) is 0 Å². The quantitative estimate of drug-likeness (QED) is 0.248. The van der Waals surface area contributed by atoms with E-state index >= 15 is 0 Å². The Bertz CT molecular complexity index is 1720. The molecule has 1 aliphatic heterocycles. The monoisotopic (exact) mass is 633 g/mol. The fraction of sp³-hybridized carbons (Fsp3) is 0.212. The minimum Gasteiger partial charge on any atom is -0.492 e. The molecule has 0 radical (unpaired) electrons. The molecule has 44 heavy (non-hydrogen) atoms. The zero-order valence-electron chi connectivity index (χ0n) is 24.1. The van der Waals surface area contributed by atoms with Gasteiger partial charge in [0.1, 0.15) is 11.5 Å². The highest BCUT2D eigenvalue weighted by molar-refractivity contribution is 7.89. The van der Waals surface area contributed by atoms with Crippen LogP contribution in [-0.2, 0) is 32.7 Å². The van der Waals surface area contributed by atoms with Gasteiger partial charge >= 0.3 is 0 Å². The molecule has 0 spiro atoms. The van der Waals surface area contributed by atoms with E-state index in [4.69, 9.17) is 21.1 Å². The van der Waals surface area contributed by atoms with Gasteiger partial charge in [-0.3, -0.25) is 9.59 Å². The molecule has 4 aromatic carbocycles. The van der Waals surface area contributed by atoms with E-state index < -0.39 is 28.6 Å². The second-order valence-electron chi connectivity index (χ2n) is 10.1. The SMILES string of the molecule is CCOc1ccc(S(=O)(=O)N(CC(=O)N2CC(C(=O)NCc3ccccc3)Oc3ccccc32)Cc2ccccc2)cc1Cl. The molecule has 228 valence electrons. The number of carbonyl (C=O) groups excluding carboxylic acids is 2. The number of benzene rings is 4. The van der Waals surface area contributed by atoms with Crippen LogP contribution in [0.1, 0.15) is 18.1 Å². The first-order valence-corrected chi connectivity index (χ1v) is 15.9. The minimum absolute atomic E-state index is 0.0628. The number of anilines is 1. The first-order valence-electron chi connectivity index (χ1n) is 14.1. The average molecular weight is 634 g/mol. The molecule has 11 heteroatoms. The number of sulfonamides is 1. The Labute approximate surface area is 262 Å². The van der Waals surface area contributed by atoms with Crippen LogP contribution >= 0.6 is 11.6 Å². The molecule has 1 atom stereocenters. The fourth-order valence-corrected chi connectivity index (χ4v) is 6.52. The van der Waals surface area contributed by atoms with Crippen LogP contribution in [0, 0.1) is 0 Å². The van der Waals surface area contributed by atoms with Gasteiger partial charge in [-0.05, 0) is 48.4 Å². The van der Waals surface area contributed by atoms with Crippen LogP contribution in [-0.4, -0.2) is 50.3 Å². The summed E-state index contributed by atoms with van der Waals surface area (Å²) in [5, 5.41) is 3.01. The third-order valence-electron chi connectivity index (χ3n) is 7.03. The summed E-state index contributed by atoms with van der Waals surface area (Å²) in [5.41, 5.74) is 2.06. The van der Waals surface area contributed by atoms with Crippen molar-refractivity contribution in [3.05, 3.63) is 119 Å². The van der Waals surface area contributed by atoms with Gasteiger partial charge < -0.3 is 19.7 Å². The number of halogens is 1. The molecule has 1 unspecified atom stereocenters. The summed E-state index contributed by atoms with van der Waals surface area (Å²) in [4.78, 5) is 28.5. The number of ether oxygens (including phenoxy) is 2. The van der Waals surface area contributed by atoms with Crippen LogP contribution in [0.4, 0.5) is 5.69 Å². The molecule has 0 fully saturated rings. The second-order valence-corrected chi connectivity index (χ2v) is 12.4. The van der Waals surface area contributed by atoms with Gasteiger partial charge in [0.05, 0.1) is 35.3 Å². The molecule has 0 aliphatic carbocycles. The van der Waals surface area contributed by atoms with Gasteiger partial charge in [0.15, 0.2) is 6.10 Å². The predicted molar refractivity (Wildman–Crippen MR) is 168 cm³/mol. The van der Waals surface area contributed by atoms with E-state index in [1.807, 2.05) is 36.4 Å². The lowest BCUT2D eigenvalue weighted by Crippen LogP contribution is -2.52. The summed E-state index contributed by atoms with van der Waals surface area (Å²) in [6, 6.07) is 29.5. The van der Waals surface area contributed by atoms with Gasteiger partial charge in [-0.1, -0.05) is 84.4 Å². The van der Waals surface area contributed by atoms with Crippen molar-refractivity contribution in [3.8, 4) is 11.5 Å². The average Bonchev–Trinajstić information content (AvgIpc) is 3.04. The van der Waals surface area contributed by atoms with Gasteiger partial charge in [-0.15, -0.1) is 0 Å². The topological polar surface area (TPSA) is 105 Å².